The lowest BCUT2D eigenvalue weighted by molar-refractivity contribution is -0.148. The third kappa shape index (κ3) is 6.14. The van der Waals surface area contributed by atoms with Crippen LogP contribution in [0.25, 0.3) is 0 Å². The van der Waals surface area contributed by atoms with Crippen molar-refractivity contribution >= 4 is 17.9 Å². The van der Waals surface area contributed by atoms with Gasteiger partial charge in [-0.2, -0.15) is 0 Å². The number of aliphatic hydroxyl groups is 2. The maximum atomic E-state index is 12.7. The van der Waals surface area contributed by atoms with Crippen LogP contribution in [0.2, 0.25) is 0 Å². The van der Waals surface area contributed by atoms with E-state index >= 15 is 0 Å². The first kappa shape index (κ1) is 23.6. The predicted molar refractivity (Wildman–Crippen MR) is 107 cm³/mol. The Balaban J connectivity index is 2.31. The van der Waals surface area contributed by atoms with Crippen LogP contribution in [0.15, 0.2) is 47.1 Å². The van der Waals surface area contributed by atoms with E-state index in [0.717, 1.165) is 11.1 Å². The normalized spacial score (nSPS) is 28.4. The minimum Gasteiger partial charge on any atom is -0.462 e. The fourth-order valence-corrected chi connectivity index (χ4v) is 3.46. The highest BCUT2D eigenvalue weighted by Gasteiger charge is 2.44. The van der Waals surface area contributed by atoms with Crippen LogP contribution in [0.4, 0.5) is 0 Å². The van der Waals surface area contributed by atoms with Crippen LogP contribution in [0.5, 0.6) is 0 Å². The number of ether oxygens (including phenoxy) is 3. The zero-order valence-corrected chi connectivity index (χ0v) is 17.3. The van der Waals surface area contributed by atoms with Crippen LogP contribution in [0, 0.1) is 5.92 Å². The van der Waals surface area contributed by atoms with Gasteiger partial charge >= 0.3 is 17.9 Å². The Kier molecular flexibility index (Phi) is 8.56. The topological polar surface area (TPSA) is 119 Å². The summed E-state index contributed by atoms with van der Waals surface area (Å²) in [6.45, 7) is 6.00. The molecular formula is C22H28O8. The number of fused-ring (bicyclic) bond motifs is 1. The van der Waals surface area contributed by atoms with Gasteiger partial charge in [0.05, 0.1) is 24.7 Å². The van der Waals surface area contributed by atoms with Crippen molar-refractivity contribution in [3.63, 3.8) is 0 Å². The van der Waals surface area contributed by atoms with Crippen molar-refractivity contribution in [2.75, 3.05) is 19.8 Å². The Labute approximate surface area is 175 Å². The van der Waals surface area contributed by atoms with E-state index in [-0.39, 0.29) is 24.4 Å². The summed E-state index contributed by atoms with van der Waals surface area (Å²) in [5, 5.41) is 19.1. The van der Waals surface area contributed by atoms with E-state index in [1.165, 1.54) is 13.0 Å². The zero-order valence-electron chi connectivity index (χ0n) is 17.3. The number of carbonyl (C=O) groups is 3. The van der Waals surface area contributed by atoms with E-state index in [9.17, 15) is 24.6 Å². The molecule has 1 unspecified atom stereocenters. The van der Waals surface area contributed by atoms with Gasteiger partial charge in [-0.1, -0.05) is 18.2 Å². The van der Waals surface area contributed by atoms with Gasteiger partial charge in [0.1, 0.15) is 18.8 Å². The van der Waals surface area contributed by atoms with Gasteiger partial charge in [0, 0.05) is 18.9 Å². The molecule has 1 aliphatic carbocycles. The lowest BCUT2D eigenvalue weighted by Crippen LogP contribution is -2.34. The van der Waals surface area contributed by atoms with Gasteiger partial charge < -0.3 is 24.4 Å². The van der Waals surface area contributed by atoms with Crippen LogP contribution in [-0.4, -0.2) is 60.1 Å². The number of rotatable bonds is 6. The number of aliphatic hydroxyl groups excluding tert-OH is 2. The molecule has 164 valence electrons. The summed E-state index contributed by atoms with van der Waals surface area (Å²) < 4.78 is 15.9. The molecule has 0 radical (unpaired) electrons. The summed E-state index contributed by atoms with van der Waals surface area (Å²) in [5.41, 5.74) is 1.80. The molecule has 0 amide bonds. The fraction of sp³-hybridized carbons (Fsp3) is 0.500. The fourth-order valence-electron chi connectivity index (χ4n) is 3.46. The van der Waals surface area contributed by atoms with Gasteiger partial charge in [0.25, 0.3) is 0 Å². The second-order valence-electron chi connectivity index (χ2n) is 7.33. The van der Waals surface area contributed by atoms with Crippen molar-refractivity contribution < 1.29 is 38.8 Å². The van der Waals surface area contributed by atoms with Crippen molar-refractivity contribution in [1.29, 1.82) is 0 Å². The van der Waals surface area contributed by atoms with Gasteiger partial charge in [-0.3, -0.25) is 4.79 Å². The van der Waals surface area contributed by atoms with E-state index in [2.05, 4.69) is 6.58 Å². The number of esters is 3. The van der Waals surface area contributed by atoms with Crippen LogP contribution in [0.3, 0.4) is 0 Å². The summed E-state index contributed by atoms with van der Waals surface area (Å²) in [5.74, 6) is -2.50. The van der Waals surface area contributed by atoms with E-state index < -0.39 is 42.6 Å². The first-order chi connectivity index (χ1) is 14.3. The van der Waals surface area contributed by atoms with Gasteiger partial charge in [-0.15, -0.1) is 0 Å². The van der Waals surface area contributed by atoms with Gasteiger partial charge in [-0.25, -0.2) is 9.59 Å². The maximum Gasteiger partial charge on any atom is 0.336 e. The SMILES string of the molecule is C=C1C(=O)O[C@@H]2/C=C(/CO)CC/C=C(/C)CC(OC(=O)/C(=C\COC(C)=O)CO)[C@@H]12. The first-order valence-corrected chi connectivity index (χ1v) is 9.76. The van der Waals surface area contributed by atoms with Crippen molar-refractivity contribution in [2.45, 2.75) is 45.3 Å². The van der Waals surface area contributed by atoms with E-state index in [1.54, 1.807) is 6.08 Å². The van der Waals surface area contributed by atoms with Crippen molar-refractivity contribution in [1.82, 2.24) is 0 Å². The smallest absolute Gasteiger partial charge is 0.336 e. The molecule has 1 saturated heterocycles. The quantitative estimate of drug-likeness (QED) is 0.287. The van der Waals surface area contributed by atoms with E-state index in [0.29, 0.717) is 19.3 Å². The monoisotopic (exact) mass is 420 g/mol. The second kappa shape index (κ2) is 10.9. The summed E-state index contributed by atoms with van der Waals surface area (Å²) in [7, 11) is 0. The van der Waals surface area contributed by atoms with Crippen molar-refractivity contribution in [3.05, 3.63) is 47.1 Å². The molecule has 0 bridgehead atoms. The molecule has 8 nitrogen and oxygen atoms in total. The van der Waals surface area contributed by atoms with Gasteiger partial charge in [0.2, 0.25) is 0 Å². The third-order valence-corrected chi connectivity index (χ3v) is 5.05. The molecule has 8 heteroatoms. The summed E-state index contributed by atoms with van der Waals surface area (Å²) in [6.07, 6.45) is 5.16. The van der Waals surface area contributed by atoms with Crippen LogP contribution in [-0.2, 0) is 28.6 Å². The first-order valence-electron chi connectivity index (χ1n) is 9.76. The molecule has 3 atom stereocenters. The lowest BCUT2D eigenvalue weighted by atomic mass is 9.85. The van der Waals surface area contributed by atoms with E-state index in [4.69, 9.17) is 14.2 Å². The van der Waals surface area contributed by atoms with Crippen molar-refractivity contribution in [2.24, 2.45) is 5.92 Å². The molecule has 30 heavy (non-hydrogen) atoms. The van der Waals surface area contributed by atoms with Gasteiger partial charge in [0.15, 0.2) is 0 Å². The molecule has 0 aromatic heterocycles. The Morgan fingerprint density at radius 3 is 2.73 bits per heavy atom. The highest BCUT2D eigenvalue weighted by atomic mass is 16.6. The van der Waals surface area contributed by atoms with Crippen LogP contribution < -0.4 is 0 Å². The molecule has 1 fully saturated rings. The molecule has 0 spiro atoms. The summed E-state index contributed by atoms with van der Waals surface area (Å²) in [4.78, 5) is 35.7. The minimum absolute atomic E-state index is 0.0611. The number of allylic oxidation sites excluding steroid dienone is 1. The average Bonchev–Trinajstić information content (AvgIpc) is 2.96. The average molecular weight is 420 g/mol. The number of hydrogen-bond acceptors (Lipinski definition) is 8. The molecule has 0 aromatic carbocycles. The minimum atomic E-state index is -0.781. The number of carbonyl (C=O) groups excluding carboxylic acids is 3. The van der Waals surface area contributed by atoms with Crippen molar-refractivity contribution in [3.8, 4) is 0 Å². The van der Waals surface area contributed by atoms with Crippen LogP contribution >= 0.6 is 0 Å². The lowest BCUT2D eigenvalue weighted by Gasteiger charge is -2.27. The Morgan fingerprint density at radius 1 is 1.37 bits per heavy atom. The summed E-state index contributed by atoms with van der Waals surface area (Å²) >= 11 is 0. The number of hydrogen-bond donors (Lipinski definition) is 2. The predicted octanol–water partition coefficient (Wildman–Crippen LogP) is 1.53. The Bertz CT molecular complexity index is 789. The standard InChI is InChI=1S/C22H28O8/c1-13-5-4-6-16(11-23)10-19-20(14(2)21(26)29-19)18(9-13)30-22(27)17(12-24)7-8-28-15(3)25/h5,7,10,18-20,23-24H,2,4,6,8-9,11-12H2,1,3H3/b13-5-,16-10+,17-7-/t18?,19-,20-/m1/s1. The highest BCUT2D eigenvalue weighted by Crippen LogP contribution is 2.36. The van der Waals surface area contributed by atoms with Crippen LogP contribution in [0.1, 0.15) is 33.1 Å². The molecule has 0 saturated carbocycles. The second-order valence-corrected chi connectivity index (χ2v) is 7.33. The Morgan fingerprint density at radius 2 is 2.10 bits per heavy atom. The zero-order chi connectivity index (χ0) is 22.3. The van der Waals surface area contributed by atoms with E-state index in [1.807, 2.05) is 13.0 Å². The molecular weight excluding hydrogens is 392 g/mol. The molecule has 2 rings (SSSR count). The molecule has 2 aliphatic rings. The summed E-state index contributed by atoms with van der Waals surface area (Å²) in [6, 6.07) is 0. The van der Waals surface area contributed by atoms with Gasteiger partial charge in [-0.05, 0) is 37.5 Å². The Hall–Kier alpha value is -2.71. The third-order valence-electron chi connectivity index (χ3n) is 5.05. The molecule has 1 heterocycles. The molecule has 1 aliphatic heterocycles. The highest BCUT2D eigenvalue weighted by molar-refractivity contribution is 5.92. The maximum absolute atomic E-state index is 12.7. The molecule has 0 aromatic rings. The largest absolute Gasteiger partial charge is 0.462 e. The molecule has 2 N–H and O–H groups in total.